The van der Waals surface area contributed by atoms with Gasteiger partial charge in [-0.3, -0.25) is 9.69 Å². The number of carbonyl (C=O) groups is 2. The van der Waals surface area contributed by atoms with Crippen LogP contribution in [0.1, 0.15) is 12.0 Å². The Hall–Kier alpha value is -1.95. The molecule has 0 radical (unpaired) electrons. The molecule has 0 bridgehead atoms. The Balaban J connectivity index is 1.79. The van der Waals surface area contributed by atoms with Gasteiger partial charge in [-0.1, -0.05) is 12.1 Å². The van der Waals surface area contributed by atoms with Crippen LogP contribution in [0, 0.1) is 5.82 Å². The Labute approximate surface area is 109 Å². The molecule has 3 amide bonds. The predicted octanol–water partition coefficient (Wildman–Crippen LogP) is 0.610. The number of nitrogens with zero attached hydrogens (tertiary/aromatic N) is 1. The first kappa shape index (κ1) is 12.1. The van der Waals surface area contributed by atoms with Gasteiger partial charge in [0, 0.05) is 6.54 Å². The average Bonchev–Trinajstić information content (AvgIpc) is 2.94. The standard InChI is InChI=1S/C13H14FN3O2/c14-10-3-1-9(2-4-10)7-17-11(18)13(16-12(17)19)5-6-15-8-13/h1-4,15H,5-8H2,(H,16,19)/t13-/m1/s1. The van der Waals surface area contributed by atoms with Crippen LogP contribution in [-0.4, -0.2) is 35.5 Å². The highest BCUT2D eigenvalue weighted by Gasteiger charge is 2.52. The maximum absolute atomic E-state index is 12.8. The van der Waals surface area contributed by atoms with E-state index in [1.165, 1.54) is 17.0 Å². The number of rotatable bonds is 2. The third kappa shape index (κ3) is 1.98. The van der Waals surface area contributed by atoms with Gasteiger partial charge in [-0.05, 0) is 30.7 Å². The van der Waals surface area contributed by atoms with Crippen LogP contribution in [-0.2, 0) is 11.3 Å². The van der Waals surface area contributed by atoms with E-state index < -0.39 is 5.54 Å². The molecule has 1 aromatic rings. The summed E-state index contributed by atoms with van der Waals surface area (Å²) in [5, 5.41) is 5.85. The van der Waals surface area contributed by atoms with Crippen LogP contribution in [0.3, 0.4) is 0 Å². The maximum Gasteiger partial charge on any atom is 0.325 e. The lowest BCUT2D eigenvalue weighted by Crippen LogP contribution is -2.48. The van der Waals surface area contributed by atoms with Crippen molar-refractivity contribution in [2.24, 2.45) is 0 Å². The molecule has 2 fully saturated rings. The predicted molar refractivity (Wildman–Crippen MR) is 65.7 cm³/mol. The smallest absolute Gasteiger partial charge is 0.322 e. The molecule has 2 heterocycles. The minimum absolute atomic E-state index is 0.173. The monoisotopic (exact) mass is 263 g/mol. The Kier molecular flexibility index (Phi) is 2.74. The van der Waals surface area contributed by atoms with Crippen LogP contribution >= 0.6 is 0 Å². The average molecular weight is 263 g/mol. The third-order valence-corrected chi connectivity index (χ3v) is 3.66. The largest absolute Gasteiger partial charge is 0.325 e. The van der Waals surface area contributed by atoms with E-state index in [9.17, 15) is 14.0 Å². The summed E-state index contributed by atoms with van der Waals surface area (Å²) in [6, 6.07) is 5.42. The second kappa shape index (κ2) is 4.31. The van der Waals surface area contributed by atoms with E-state index >= 15 is 0 Å². The summed E-state index contributed by atoms with van der Waals surface area (Å²) in [6.07, 6.45) is 0.609. The van der Waals surface area contributed by atoms with Gasteiger partial charge in [-0.2, -0.15) is 0 Å². The van der Waals surface area contributed by atoms with E-state index in [1.807, 2.05) is 0 Å². The van der Waals surface area contributed by atoms with Crippen molar-refractivity contribution in [3.63, 3.8) is 0 Å². The van der Waals surface area contributed by atoms with Crippen LogP contribution in [0.25, 0.3) is 0 Å². The van der Waals surface area contributed by atoms with E-state index in [4.69, 9.17) is 0 Å². The quantitative estimate of drug-likeness (QED) is 0.769. The Morgan fingerprint density at radius 1 is 1.26 bits per heavy atom. The number of imide groups is 1. The summed E-state index contributed by atoms with van der Waals surface area (Å²) in [6.45, 7) is 1.36. The van der Waals surface area contributed by atoms with Gasteiger partial charge in [0.15, 0.2) is 0 Å². The van der Waals surface area contributed by atoms with Crippen molar-refractivity contribution in [1.82, 2.24) is 15.5 Å². The van der Waals surface area contributed by atoms with E-state index in [2.05, 4.69) is 10.6 Å². The number of halogens is 1. The second-order valence-electron chi connectivity index (χ2n) is 4.96. The molecule has 100 valence electrons. The molecular formula is C13H14FN3O2. The van der Waals surface area contributed by atoms with Crippen molar-refractivity contribution in [2.75, 3.05) is 13.1 Å². The molecule has 5 nitrogen and oxygen atoms in total. The molecule has 2 aliphatic heterocycles. The lowest BCUT2D eigenvalue weighted by atomic mass is 9.99. The molecule has 3 rings (SSSR count). The van der Waals surface area contributed by atoms with Crippen molar-refractivity contribution in [2.45, 2.75) is 18.5 Å². The molecule has 2 N–H and O–H groups in total. The minimum atomic E-state index is -0.781. The van der Waals surface area contributed by atoms with E-state index in [0.717, 1.165) is 12.1 Å². The second-order valence-corrected chi connectivity index (χ2v) is 4.96. The van der Waals surface area contributed by atoms with Crippen LogP contribution in [0.2, 0.25) is 0 Å². The molecular weight excluding hydrogens is 249 g/mol. The van der Waals surface area contributed by atoms with Gasteiger partial charge in [0.05, 0.1) is 6.54 Å². The first-order valence-corrected chi connectivity index (χ1v) is 6.20. The van der Waals surface area contributed by atoms with Crippen molar-refractivity contribution in [1.29, 1.82) is 0 Å². The Morgan fingerprint density at radius 2 is 2.00 bits per heavy atom. The van der Waals surface area contributed by atoms with Gasteiger partial charge < -0.3 is 10.6 Å². The van der Waals surface area contributed by atoms with E-state index in [0.29, 0.717) is 13.0 Å². The molecule has 2 aliphatic rings. The molecule has 0 saturated carbocycles. The van der Waals surface area contributed by atoms with Gasteiger partial charge in [-0.25, -0.2) is 9.18 Å². The molecule has 1 atom stereocenters. The van der Waals surface area contributed by atoms with E-state index in [-0.39, 0.29) is 24.3 Å². The lowest BCUT2D eigenvalue weighted by Gasteiger charge is -2.19. The molecule has 1 spiro atoms. The van der Waals surface area contributed by atoms with Crippen LogP contribution in [0.5, 0.6) is 0 Å². The summed E-state index contributed by atoms with van der Waals surface area (Å²) in [5.74, 6) is -0.538. The Morgan fingerprint density at radius 3 is 2.63 bits per heavy atom. The zero-order chi connectivity index (χ0) is 13.5. The first-order chi connectivity index (χ1) is 9.11. The number of nitrogens with one attached hydrogen (secondary N) is 2. The van der Waals surface area contributed by atoms with Crippen LogP contribution in [0.4, 0.5) is 9.18 Å². The number of hydrogen-bond acceptors (Lipinski definition) is 3. The SMILES string of the molecule is O=C1N[C@@]2(CCNC2)C(=O)N1Cc1ccc(F)cc1. The van der Waals surface area contributed by atoms with Crippen molar-refractivity contribution in [3.05, 3.63) is 35.6 Å². The molecule has 0 unspecified atom stereocenters. The fourth-order valence-corrected chi connectivity index (χ4v) is 2.57. The molecule has 2 saturated heterocycles. The molecule has 0 aromatic heterocycles. The highest BCUT2D eigenvalue weighted by molar-refractivity contribution is 6.07. The summed E-state index contributed by atoms with van der Waals surface area (Å²) < 4.78 is 12.8. The van der Waals surface area contributed by atoms with Crippen molar-refractivity contribution >= 4 is 11.9 Å². The molecule has 0 aliphatic carbocycles. The molecule has 1 aromatic carbocycles. The Bertz CT molecular complexity index is 523. The zero-order valence-electron chi connectivity index (χ0n) is 10.3. The fourth-order valence-electron chi connectivity index (χ4n) is 2.57. The number of urea groups is 1. The maximum atomic E-state index is 12.8. The summed E-state index contributed by atoms with van der Waals surface area (Å²) in [4.78, 5) is 25.4. The summed E-state index contributed by atoms with van der Waals surface area (Å²) >= 11 is 0. The van der Waals surface area contributed by atoms with Gasteiger partial charge in [-0.15, -0.1) is 0 Å². The number of amides is 3. The summed E-state index contributed by atoms with van der Waals surface area (Å²) in [7, 11) is 0. The number of benzene rings is 1. The highest BCUT2D eigenvalue weighted by atomic mass is 19.1. The van der Waals surface area contributed by atoms with Gasteiger partial charge in [0.1, 0.15) is 11.4 Å². The minimum Gasteiger partial charge on any atom is -0.322 e. The van der Waals surface area contributed by atoms with Crippen LogP contribution in [0.15, 0.2) is 24.3 Å². The third-order valence-electron chi connectivity index (χ3n) is 3.66. The van der Waals surface area contributed by atoms with Crippen molar-refractivity contribution < 1.29 is 14.0 Å². The zero-order valence-corrected chi connectivity index (χ0v) is 10.3. The lowest BCUT2D eigenvalue weighted by molar-refractivity contribution is -0.131. The highest BCUT2D eigenvalue weighted by Crippen LogP contribution is 2.25. The van der Waals surface area contributed by atoms with E-state index in [1.54, 1.807) is 12.1 Å². The van der Waals surface area contributed by atoms with Gasteiger partial charge in [0.2, 0.25) is 0 Å². The molecule has 6 heteroatoms. The van der Waals surface area contributed by atoms with Gasteiger partial charge >= 0.3 is 6.03 Å². The normalized spacial score (nSPS) is 26.3. The topological polar surface area (TPSA) is 61.4 Å². The van der Waals surface area contributed by atoms with Crippen LogP contribution < -0.4 is 10.6 Å². The summed E-state index contributed by atoms with van der Waals surface area (Å²) in [5.41, 5.74) is -0.0511. The fraction of sp³-hybridized carbons (Fsp3) is 0.385. The van der Waals surface area contributed by atoms with Gasteiger partial charge in [0.25, 0.3) is 5.91 Å². The van der Waals surface area contributed by atoms with Crippen molar-refractivity contribution in [3.8, 4) is 0 Å². The molecule has 19 heavy (non-hydrogen) atoms. The number of carbonyl (C=O) groups excluding carboxylic acids is 2. The number of hydrogen-bond donors (Lipinski definition) is 2. The first-order valence-electron chi connectivity index (χ1n) is 6.20.